The van der Waals surface area contributed by atoms with Crippen molar-refractivity contribution in [2.75, 3.05) is 38.7 Å². The molecule has 6 heteroatoms. The Morgan fingerprint density at radius 2 is 2.17 bits per heavy atom. The van der Waals surface area contributed by atoms with Gasteiger partial charge in [-0.05, 0) is 24.3 Å². The van der Waals surface area contributed by atoms with Crippen molar-refractivity contribution in [2.45, 2.75) is 12.6 Å². The lowest BCUT2D eigenvalue weighted by Crippen LogP contribution is -2.38. The number of ether oxygens (including phenoxy) is 1. The summed E-state index contributed by atoms with van der Waals surface area (Å²) >= 11 is 0. The van der Waals surface area contributed by atoms with Crippen molar-refractivity contribution < 1.29 is 9.13 Å². The molecule has 5 nitrogen and oxygen atoms in total. The van der Waals surface area contributed by atoms with Crippen molar-refractivity contribution in [3.05, 3.63) is 53.7 Å². The number of pyridine rings is 2. The number of nitrogens with zero attached hydrogens (tertiary/aromatic N) is 4. The van der Waals surface area contributed by atoms with Crippen LogP contribution >= 0.6 is 0 Å². The quantitative estimate of drug-likeness (QED) is 0.865. The SMILES string of the molecule is CN(C)c1cccc([C@@H]2CN(Cc3ncccc3F)CCO2)n1. The number of hydrogen-bond donors (Lipinski definition) is 0. The highest BCUT2D eigenvalue weighted by Gasteiger charge is 2.24. The van der Waals surface area contributed by atoms with E-state index >= 15 is 0 Å². The van der Waals surface area contributed by atoms with Crippen molar-refractivity contribution in [1.82, 2.24) is 14.9 Å². The van der Waals surface area contributed by atoms with Crippen molar-refractivity contribution in [1.29, 1.82) is 0 Å². The Labute approximate surface area is 135 Å². The molecule has 0 aliphatic carbocycles. The minimum Gasteiger partial charge on any atom is -0.369 e. The summed E-state index contributed by atoms with van der Waals surface area (Å²) in [5, 5.41) is 0. The van der Waals surface area contributed by atoms with E-state index in [0.717, 1.165) is 18.1 Å². The third-order valence-electron chi connectivity index (χ3n) is 3.90. The standard InChI is InChI=1S/C17H21FN4O/c1-21(2)17-7-3-6-14(20-17)16-12-22(9-10-23-16)11-15-13(18)5-4-8-19-15/h3-8,16H,9-12H2,1-2H3/t16-/m0/s1. The summed E-state index contributed by atoms with van der Waals surface area (Å²) in [6.07, 6.45) is 1.52. The summed E-state index contributed by atoms with van der Waals surface area (Å²) in [6.45, 7) is 2.53. The molecule has 0 amide bonds. The van der Waals surface area contributed by atoms with Crippen LogP contribution in [0.15, 0.2) is 36.5 Å². The molecule has 2 aromatic rings. The van der Waals surface area contributed by atoms with Crippen LogP contribution in [0.3, 0.4) is 0 Å². The van der Waals surface area contributed by atoms with E-state index < -0.39 is 0 Å². The van der Waals surface area contributed by atoms with Crippen LogP contribution in [0, 0.1) is 5.82 Å². The lowest BCUT2D eigenvalue weighted by molar-refractivity contribution is -0.0356. The average molecular weight is 316 g/mol. The fraction of sp³-hybridized carbons (Fsp3) is 0.412. The molecule has 1 saturated heterocycles. The molecule has 0 saturated carbocycles. The molecule has 3 rings (SSSR count). The Bertz CT molecular complexity index is 665. The maximum atomic E-state index is 13.8. The first-order valence-corrected chi connectivity index (χ1v) is 7.71. The van der Waals surface area contributed by atoms with E-state index in [1.165, 1.54) is 6.07 Å². The summed E-state index contributed by atoms with van der Waals surface area (Å²) in [5.74, 6) is 0.641. The maximum absolute atomic E-state index is 13.8. The Morgan fingerprint density at radius 3 is 2.96 bits per heavy atom. The summed E-state index contributed by atoms with van der Waals surface area (Å²) < 4.78 is 19.6. The van der Waals surface area contributed by atoms with Crippen LogP contribution in [0.2, 0.25) is 0 Å². The first kappa shape index (κ1) is 15.8. The molecule has 1 fully saturated rings. The second-order valence-corrected chi connectivity index (χ2v) is 5.84. The number of aromatic nitrogens is 2. The Kier molecular flexibility index (Phi) is 4.83. The summed E-state index contributed by atoms with van der Waals surface area (Å²) in [6, 6.07) is 8.98. The predicted molar refractivity (Wildman–Crippen MR) is 86.7 cm³/mol. The van der Waals surface area contributed by atoms with Gasteiger partial charge in [0.25, 0.3) is 0 Å². The third kappa shape index (κ3) is 3.83. The van der Waals surface area contributed by atoms with E-state index in [4.69, 9.17) is 4.74 Å². The lowest BCUT2D eigenvalue weighted by atomic mass is 10.1. The second-order valence-electron chi connectivity index (χ2n) is 5.84. The summed E-state index contributed by atoms with van der Waals surface area (Å²) in [4.78, 5) is 12.9. The minimum atomic E-state index is -0.261. The number of hydrogen-bond acceptors (Lipinski definition) is 5. The molecule has 23 heavy (non-hydrogen) atoms. The van der Waals surface area contributed by atoms with Crippen LogP contribution in [0.25, 0.3) is 0 Å². The van der Waals surface area contributed by atoms with Gasteiger partial charge < -0.3 is 9.64 Å². The zero-order valence-corrected chi connectivity index (χ0v) is 13.4. The van der Waals surface area contributed by atoms with Gasteiger partial charge in [-0.3, -0.25) is 9.88 Å². The molecule has 0 aromatic carbocycles. The van der Waals surface area contributed by atoms with Gasteiger partial charge in [-0.1, -0.05) is 6.07 Å². The van der Waals surface area contributed by atoms with Crippen molar-refractivity contribution in [2.24, 2.45) is 0 Å². The lowest BCUT2D eigenvalue weighted by Gasteiger charge is -2.32. The van der Waals surface area contributed by atoms with Gasteiger partial charge in [0.15, 0.2) is 0 Å². The van der Waals surface area contributed by atoms with Crippen molar-refractivity contribution in [3.63, 3.8) is 0 Å². The molecule has 0 radical (unpaired) electrons. The minimum absolute atomic E-state index is 0.101. The van der Waals surface area contributed by atoms with Gasteiger partial charge in [-0.15, -0.1) is 0 Å². The molecule has 122 valence electrons. The monoisotopic (exact) mass is 316 g/mol. The van der Waals surface area contributed by atoms with Crippen LogP contribution in [-0.4, -0.2) is 48.7 Å². The molecule has 0 unspecified atom stereocenters. The van der Waals surface area contributed by atoms with Crippen molar-refractivity contribution in [3.8, 4) is 0 Å². The van der Waals surface area contributed by atoms with Gasteiger partial charge in [0, 0.05) is 39.9 Å². The molecule has 1 aliphatic heterocycles. The molecule has 1 aliphatic rings. The van der Waals surface area contributed by atoms with Crippen LogP contribution in [0.5, 0.6) is 0 Å². The smallest absolute Gasteiger partial charge is 0.146 e. The Morgan fingerprint density at radius 1 is 1.30 bits per heavy atom. The van der Waals surface area contributed by atoms with Gasteiger partial charge in [0.2, 0.25) is 0 Å². The third-order valence-corrected chi connectivity index (χ3v) is 3.90. The largest absolute Gasteiger partial charge is 0.369 e. The summed E-state index contributed by atoms with van der Waals surface area (Å²) in [7, 11) is 3.92. The molecule has 0 N–H and O–H groups in total. The van der Waals surface area contributed by atoms with Crippen LogP contribution in [0.1, 0.15) is 17.5 Å². The number of rotatable bonds is 4. The number of morpholine rings is 1. The normalized spacial score (nSPS) is 18.8. The highest BCUT2D eigenvalue weighted by molar-refractivity contribution is 5.37. The van der Waals surface area contributed by atoms with Gasteiger partial charge in [0.1, 0.15) is 17.7 Å². The van der Waals surface area contributed by atoms with Crippen molar-refractivity contribution >= 4 is 5.82 Å². The maximum Gasteiger partial charge on any atom is 0.146 e. The molecule has 2 aromatic heterocycles. The summed E-state index contributed by atoms with van der Waals surface area (Å²) in [5.41, 5.74) is 1.38. The van der Waals surface area contributed by atoms with Gasteiger partial charge in [-0.2, -0.15) is 0 Å². The second kappa shape index (κ2) is 7.02. The van der Waals surface area contributed by atoms with E-state index in [9.17, 15) is 4.39 Å². The Balaban J connectivity index is 1.71. The fourth-order valence-electron chi connectivity index (χ4n) is 2.64. The molecular weight excluding hydrogens is 295 g/mol. The number of anilines is 1. The molecule has 0 bridgehead atoms. The first-order valence-electron chi connectivity index (χ1n) is 7.71. The highest BCUT2D eigenvalue weighted by atomic mass is 19.1. The van der Waals surface area contributed by atoms with Gasteiger partial charge >= 0.3 is 0 Å². The highest BCUT2D eigenvalue weighted by Crippen LogP contribution is 2.23. The zero-order chi connectivity index (χ0) is 16.2. The fourth-order valence-corrected chi connectivity index (χ4v) is 2.64. The van der Waals surface area contributed by atoms with Crippen LogP contribution in [-0.2, 0) is 11.3 Å². The van der Waals surface area contributed by atoms with Gasteiger partial charge in [-0.25, -0.2) is 9.37 Å². The van der Waals surface area contributed by atoms with E-state index in [-0.39, 0.29) is 11.9 Å². The zero-order valence-electron chi connectivity index (χ0n) is 13.4. The predicted octanol–water partition coefficient (Wildman–Crippen LogP) is 2.26. The molecule has 3 heterocycles. The van der Waals surface area contributed by atoms with E-state index in [2.05, 4.69) is 14.9 Å². The van der Waals surface area contributed by atoms with Crippen LogP contribution in [0.4, 0.5) is 10.2 Å². The first-order chi connectivity index (χ1) is 11.1. The van der Waals surface area contributed by atoms with E-state index in [1.807, 2.05) is 37.2 Å². The van der Waals surface area contributed by atoms with E-state index in [1.54, 1.807) is 12.3 Å². The topological polar surface area (TPSA) is 41.5 Å². The number of halogens is 1. The van der Waals surface area contributed by atoms with E-state index in [0.29, 0.717) is 25.4 Å². The average Bonchev–Trinajstić information content (AvgIpc) is 2.57. The molecule has 0 spiro atoms. The Hall–Kier alpha value is -2.05. The molecule has 1 atom stereocenters. The molecular formula is C17H21FN4O. The van der Waals surface area contributed by atoms with Crippen LogP contribution < -0.4 is 4.90 Å². The van der Waals surface area contributed by atoms with Gasteiger partial charge in [0.05, 0.1) is 18.0 Å².